The summed E-state index contributed by atoms with van der Waals surface area (Å²) in [4.78, 5) is 18.2. The molecule has 0 aromatic carbocycles. The van der Waals surface area contributed by atoms with Crippen molar-refractivity contribution in [2.24, 2.45) is 40.1 Å². The van der Waals surface area contributed by atoms with Gasteiger partial charge < -0.3 is 67.3 Å². The first-order valence-corrected chi connectivity index (χ1v) is 25.0. The van der Waals surface area contributed by atoms with Gasteiger partial charge in [0.25, 0.3) is 0 Å². The molecule has 0 aliphatic carbocycles. The SMILES string of the molecule is CCCC[C@H]1C(=O)O[C@H]([C@H](C)[C@H](O)CCCN=C(N)N)[C@H](C)/C=C(\C)CCCC[C@@H](O)C[C@@H](O)C[C@@H](O)C[C@@H](O)C[C@H](O)C/C=C(\C)[C@@H](O)CCC[C@H](O)CCC[C@@H](O)CC[C@@H](C)[C@@H]1O. The second-order valence-electron chi connectivity index (χ2n) is 19.8. The van der Waals surface area contributed by atoms with E-state index in [0.29, 0.717) is 108 Å². The number of allylic oxidation sites excluding steroid dienone is 1. The Morgan fingerprint density at radius 3 is 1.89 bits per heavy atom. The summed E-state index contributed by atoms with van der Waals surface area (Å²) in [5, 5.41) is 108. The number of rotatable bonds is 9. The number of unbranched alkanes of at least 4 members (excludes halogenated alkanes) is 1. The molecule has 15 heteroatoms. The van der Waals surface area contributed by atoms with Crippen LogP contribution in [0.5, 0.6) is 0 Å². The number of hydrogen-bond donors (Lipinski definition) is 12. The molecule has 0 bridgehead atoms. The first kappa shape index (κ1) is 60.8. The number of cyclic esters (lactones) is 1. The van der Waals surface area contributed by atoms with Crippen LogP contribution < -0.4 is 11.5 Å². The Hall–Kier alpha value is -2.18. The number of nitrogens with zero attached hydrogens (tertiary/aromatic N) is 1. The molecule has 0 radical (unpaired) electrons. The van der Waals surface area contributed by atoms with E-state index >= 15 is 0 Å². The number of guanidine groups is 1. The predicted octanol–water partition coefficient (Wildman–Crippen LogP) is 4.81. The average Bonchev–Trinajstić information content (AvgIpc) is 3.22. The molecule has 0 aromatic heterocycles. The maximum absolute atomic E-state index is 14.2. The van der Waals surface area contributed by atoms with E-state index in [1.54, 1.807) is 13.0 Å². The number of carbonyl (C=O) groups is 1. The fourth-order valence-electron chi connectivity index (χ4n) is 9.06. The minimum atomic E-state index is -1.03. The van der Waals surface area contributed by atoms with E-state index in [1.165, 1.54) is 0 Å². The molecule has 65 heavy (non-hydrogen) atoms. The predicted molar refractivity (Wildman–Crippen MR) is 256 cm³/mol. The number of nitrogens with two attached hydrogens (primary N) is 2. The maximum Gasteiger partial charge on any atom is 0.311 e. The Kier molecular flexibility index (Phi) is 32.0. The Labute approximate surface area is 391 Å². The first-order valence-electron chi connectivity index (χ1n) is 25.0. The van der Waals surface area contributed by atoms with E-state index in [0.717, 1.165) is 18.4 Å². The van der Waals surface area contributed by atoms with Crippen LogP contribution in [-0.2, 0) is 9.53 Å². The smallest absolute Gasteiger partial charge is 0.311 e. The molecule has 0 saturated heterocycles. The molecule has 1 aliphatic rings. The van der Waals surface area contributed by atoms with E-state index < -0.39 is 84.9 Å². The molecule has 15 atom stereocenters. The third kappa shape index (κ3) is 27.4. The van der Waals surface area contributed by atoms with Gasteiger partial charge in [-0.25, -0.2) is 0 Å². The maximum atomic E-state index is 14.2. The molecule has 0 saturated carbocycles. The molecule has 15 nitrogen and oxygen atoms in total. The summed E-state index contributed by atoms with van der Waals surface area (Å²) in [5.74, 6) is -2.43. The van der Waals surface area contributed by atoms with E-state index in [2.05, 4.69) is 4.99 Å². The molecule has 0 amide bonds. The largest absolute Gasteiger partial charge is 0.461 e. The summed E-state index contributed by atoms with van der Waals surface area (Å²) in [5.41, 5.74) is 12.7. The van der Waals surface area contributed by atoms with Crippen molar-refractivity contribution in [2.45, 2.75) is 250 Å². The quantitative estimate of drug-likeness (QED) is 0.0486. The number of ether oxygens (including phenoxy) is 1. The van der Waals surface area contributed by atoms with Gasteiger partial charge in [-0.2, -0.15) is 0 Å². The standard InChI is InChI=1S/C50H95N3O12/c1-7-8-19-44-47(63)34(4)23-24-38(55)17-11-16-37(54)18-12-20-45(61)33(3)22-25-40(57)29-42(59)31-43(60)30-41(58)28-39(56)15-10-9-14-32(2)27-35(5)48(65-49(44)64)36(6)46(62)21-13-26-53-50(51)52/h22,27,34-48,54-63H,7-21,23-26,28-31H2,1-6H3,(H4,51,52,53)/b32-27+,33-22+/t34-,35-,36-,37-,38-,39-,40-,41-,42+,43-,44-,45+,46-,47+,48+/m1/s1. The van der Waals surface area contributed by atoms with Gasteiger partial charge in [-0.05, 0) is 147 Å². The number of carbonyl (C=O) groups excluding carboxylic acids is 1. The Balaban J connectivity index is 3.25. The van der Waals surface area contributed by atoms with Crippen LogP contribution in [-0.4, -0.2) is 137 Å². The zero-order chi connectivity index (χ0) is 49.1. The Morgan fingerprint density at radius 1 is 0.738 bits per heavy atom. The van der Waals surface area contributed by atoms with E-state index in [-0.39, 0.29) is 49.9 Å². The van der Waals surface area contributed by atoms with Crippen molar-refractivity contribution in [3.63, 3.8) is 0 Å². The summed E-state index contributed by atoms with van der Waals surface area (Å²) in [6, 6.07) is 0. The van der Waals surface area contributed by atoms with E-state index in [4.69, 9.17) is 16.2 Å². The van der Waals surface area contributed by atoms with Crippen molar-refractivity contribution in [1.29, 1.82) is 0 Å². The van der Waals surface area contributed by atoms with Crippen LogP contribution in [0.25, 0.3) is 0 Å². The normalized spacial score (nSPS) is 35.9. The summed E-state index contributed by atoms with van der Waals surface area (Å²) < 4.78 is 6.33. The zero-order valence-corrected chi connectivity index (χ0v) is 41.0. The summed E-state index contributed by atoms with van der Waals surface area (Å²) >= 11 is 0. The van der Waals surface area contributed by atoms with Crippen molar-refractivity contribution in [2.75, 3.05) is 6.54 Å². The lowest BCUT2D eigenvalue weighted by Gasteiger charge is -2.34. The van der Waals surface area contributed by atoms with Gasteiger partial charge >= 0.3 is 5.97 Å². The van der Waals surface area contributed by atoms with E-state index in [1.807, 2.05) is 40.7 Å². The molecule has 0 fully saturated rings. The zero-order valence-electron chi connectivity index (χ0n) is 41.0. The number of aliphatic hydroxyl groups is 10. The highest BCUT2D eigenvalue weighted by Crippen LogP contribution is 2.31. The molecule has 1 aliphatic heterocycles. The second-order valence-corrected chi connectivity index (χ2v) is 19.8. The molecular weight excluding hydrogens is 835 g/mol. The van der Waals surface area contributed by atoms with Crippen LogP contribution in [0.3, 0.4) is 0 Å². The number of aliphatic hydroxyl groups excluding tert-OH is 10. The van der Waals surface area contributed by atoms with Crippen molar-refractivity contribution in [3.05, 3.63) is 23.3 Å². The number of aliphatic imine (C=N–C) groups is 1. The fourth-order valence-corrected chi connectivity index (χ4v) is 9.06. The topological polar surface area (TPSA) is 293 Å². The van der Waals surface area contributed by atoms with Crippen LogP contribution in [0.1, 0.15) is 183 Å². The van der Waals surface area contributed by atoms with Gasteiger partial charge in [0.15, 0.2) is 5.96 Å². The van der Waals surface area contributed by atoms with Gasteiger partial charge in [0.1, 0.15) is 6.10 Å². The van der Waals surface area contributed by atoms with Gasteiger partial charge in [-0.15, -0.1) is 0 Å². The highest BCUT2D eigenvalue weighted by atomic mass is 16.5. The third-order valence-corrected chi connectivity index (χ3v) is 13.4. The lowest BCUT2D eigenvalue weighted by Crippen LogP contribution is -2.42. The second kappa shape index (κ2) is 34.2. The van der Waals surface area contributed by atoms with Crippen LogP contribution in [0.2, 0.25) is 0 Å². The molecular formula is C50H95N3O12. The molecule has 1 rings (SSSR count). The minimum absolute atomic E-state index is 0.0122. The third-order valence-electron chi connectivity index (χ3n) is 13.4. The van der Waals surface area contributed by atoms with Crippen LogP contribution in [0.15, 0.2) is 28.3 Å². The molecule has 1 heterocycles. The van der Waals surface area contributed by atoms with Crippen molar-refractivity contribution in [1.82, 2.24) is 0 Å². The Bertz CT molecular complexity index is 1350. The lowest BCUT2D eigenvalue weighted by molar-refractivity contribution is -0.167. The monoisotopic (exact) mass is 930 g/mol. The summed E-state index contributed by atoms with van der Waals surface area (Å²) in [7, 11) is 0. The number of hydrogen-bond acceptors (Lipinski definition) is 13. The fraction of sp³-hybridized carbons (Fsp3) is 0.880. The van der Waals surface area contributed by atoms with Gasteiger partial charge in [0.2, 0.25) is 0 Å². The number of esters is 1. The van der Waals surface area contributed by atoms with Crippen molar-refractivity contribution in [3.8, 4) is 0 Å². The lowest BCUT2D eigenvalue weighted by atomic mass is 9.84. The first-order chi connectivity index (χ1) is 30.6. The van der Waals surface area contributed by atoms with Crippen LogP contribution in [0.4, 0.5) is 0 Å². The van der Waals surface area contributed by atoms with E-state index in [9.17, 15) is 55.9 Å². The molecule has 0 spiro atoms. The highest BCUT2D eigenvalue weighted by Gasteiger charge is 2.37. The Morgan fingerprint density at radius 2 is 1.29 bits per heavy atom. The van der Waals surface area contributed by atoms with Gasteiger partial charge in [0.05, 0.1) is 67.0 Å². The average molecular weight is 930 g/mol. The summed E-state index contributed by atoms with van der Waals surface area (Å²) in [6.45, 7) is 11.8. The molecule has 382 valence electrons. The van der Waals surface area contributed by atoms with Gasteiger partial charge in [-0.1, -0.05) is 64.7 Å². The highest BCUT2D eigenvalue weighted by molar-refractivity contribution is 5.75. The van der Waals surface area contributed by atoms with Crippen molar-refractivity contribution < 1.29 is 60.6 Å². The minimum Gasteiger partial charge on any atom is -0.461 e. The molecule has 0 aromatic rings. The van der Waals surface area contributed by atoms with Crippen LogP contribution >= 0.6 is 0 Å². The van der Waals surface area contributed by atoms with Gasteiger partial charge in [-0.3, -0.25) is 9.79 Å². The molecule has 14 N–H and O–H groups in total. The summed E-state index contributed by atoms with van der Waals surface area (Å²) in [6.07, 6.45) is 4.13. The van der Waals surface area contributed by atoms with Gasteiger partial charge in [0, 0.05) is 18.4 Å². The van der Waals surface area contributed by atoms with Crippen LogP contribution in [0, 0.1) is 23.7 Å². The van der Waals surface area contributed by atoms with Crippen molar-refractivity contribution >= 4 is 11.9 Å². The molecule has 0 unspecified atom stereocenters.